The van der Waals surface area contributed by atoms with Gasteiger partial charge < -0.3 is 9.84 Å². The Hall–Kier alpha value is -3.31. The molecule has 3 heterocycles. The summed E-state index contributed by atoms with van der Waals surface area (Å²) in [6.45, 7) is 7.94. The molecule has 4 rings (SSSR count). The summed E-state index contributed by atoms with van der Waals surface area (Å²) in [4.78, 5) is 34.5. The summed E-state index contributed by atoms with van der Waals surface area (Å²) < 4.78 is 6.74. The Morgan fingerprint density at radius 2 is 1.86 bits per heavy atom. The summed E-state index contributed by atoms with van der Waals surface area (Å²) in [5, 5.41) is 10.8. The van der Waals surface area contributed by atoms with Gasteiger partial charge in [-0.3, -0.25) is 14.7 Å². The lowest BCUT2D eigenvalue weighted by atomic mass is 9.92. The SMILES string of the molecule is CSc1ncc2cc(-c3cc(NC(=O)Nc4cc(C(C)(C)C)no4)ccc3C)c(=O)n(C)c2n1.S. The maximum absolute atomic E-state index is 13.2. The van der Waals surface area contributed by atoms with E-state index in [0.29, 0.717) is 27.6 Å². The molecule has 0 saturated carbocycles. The highest BCUT2D eigenvalue weighted by Gasteiger charge is 2.20. The van der Waals surface area contributed by atoms with Gasteiger partial charge in [0.25, 0.3) is 5.56 Å². The van der Waals surface area contributed by atoms with Crippen molar-refractivity contribution in [3.8, 4) is 11.1 Å². The van der Waals surface area contributed by atoms with Gasteiger partial charge in [0.05, 0.1) is 5.69 Å². The van der Waals surface area contributed by atoms with Crippen LogP contribution in [0.5, 0.6) is 0 Å². The number of anilines is 2. The molecule has 0 unspecified atom stereocenters. The van der Waals surface area contributed by atoms with Crippen molar-refractivity contribution in [2.45, 2.75) is 38.3 Å². The van der Waals surface area contributed by atoms with Gasteiger partial charge in [0.1, 0.15) is 5.65 Å². The van der Waals surface area contributed by atoms with Crippen molar-refractivity contribution in [1.29, 1.82) is 0 Å². The number of carbonyl (C=O) groups is 1. The molecule has 2 amide bonds. The lowest BCUT2D eigenvalue weighted by Crippen LogP contribution is -2.21. The average Bonchev–Trinajstić information content (AvgIpc) is 3.26. The zero-order chi connectivity index (χ0) is 24.6. The van der Waals surface area contributed by atoms with Crippen LogP contribution in [0.2, 0.25) is 0 Å². The van der Waals surface area contributed by atoms with E-state index in [9.17, 15) is 9.59 Å². The molecule has 3 aromatic heterocycles. The molecule has 35 heavy (non-hydrogen) atoms. The number of thioether (sulfide) groups is 1. The van der Waals surface area contributed by atoms with Crippen molar-refractivity contribution < 1.29 is 9.32 Å². The molecule has 0 radical (unpaired) electrons. The monoisotopic (exact) mass is 512 g/mol. The standard InChI is InChI=1S/C24H26N6O3S.H2S/c1-13-7-8-15(26-22(32)27-19-11-18(29-33-19)24(2,3)4)10-16(13)17-9-14-12-25-23(34-6)28-20(14)30(5)21(17)31;/h7-12H,1-6H3,(H2,26,27,32);1H2. The van der Waals surface area contributed by atoms with E-state index in [1.165, 1.54) is 16.3 Å². The Labute approximate surface area is 214 Å². The number of urea groups is 1. The molecule has 0 aliphatic heterocycles. The van der Waals surface area contributed by atoms with Gasteiger partial charge >= 0.3 is 6.03 Å². The fourth-order valence-electron chi connectivity index (χ4n) is 3.47. The zero-order valence-electron chi connectivity index (χ0n) is 20.4. The second kappa shape index (κ2) is 10.1. The molecular formula is C24H28N6O3S2. The number of rotatable bonds is 4. The largest absolute Gasteiger partial charge is 0.338 e. The molecule has 0 fully saturated rings. The maximum atomic E-state index is 13.2. The number of aromatic nitrogens is 4. The predicted octanol–water partition coefficient (Wildman–Crippen LogP) is 5.07. The first-order valence-corrected chi connectivity index (χ1v) is 11.9. The minimum absolute atomic E-state index is 0. The molecule has 0 bridgehead atoms. The fourth-order valence-corrected chi connectivity index (χ4v) is 3.81. The molecule has 11 heteroatoms. The first-order chi connectivity index (χ1) is 16.1. The number of benzene rings is 1. The van der Waals surface area contributed by atoms with Crippen molar-refractivity contribution in [3.63, 3.8) is 0 Å². The normalized spacial score (nSPS) is 11.3. The fraction of sp³-hybridized carbons (Fsp3) is 0.292. The molecule has 4 aromatic rings. The number of fused-ring (bicyclic) bond motifs is 1. The van der Waals surface area contributed by atoms with Gasteiger partial charge in [-0.1, -0.05) is 43.8 Å². The molecule has 184 valence electrons. The Morgan fingerprint density at radius 1 is 1.11 bits per heavy atom. The molecule has 9 nitrogen and oxygen atoms in total. The van der Waals surface area contributed by atoms with Gasteiger partial charge in [0, 0.05) is 41.4 Å². The number of hydrogen-bond donors (Lipinski definition) is 2. The number of aryl methyl sites for hydroxylation is 2. The van der Waals surface area contributed by atoms with E-state index in [4.69, 9.17) is 4.52 Å². The van der Waals surface area contributed by atoms with Crippen LogP contribution in [0.15, 0.2) is 51.0 Å². The molecule has 0 atom stereocenters. The average molecular weight is 513 g/mol. The minimum Gasteiger partial charge on any atom is -0.338 e. The third-order valence-corrected chi connectivity index (χ3v) is 5.97. The van der Waals surface area contributed by atoms with E-state index in [0.717, 1.165) is 16.6 Å². The van der Waals surface area contributed by atoms with E-state index in [1.54, 1.807) is 37.5 Å². The number of nitrogens with zero attached hydrogens (tertiary/aromatic N) is 4. The lowest BCUT2D eigenvalue weighted by molar-refractivity contribution is 0.261. The molecular weight excluding hydrogens is 484 g/mol. The Balaban J connectivity index is 0.00000342. The van der Waals surface area contributed by atoms with Gasteiger partial charge in [-0.05, 0) is 42.5 Å². The summed E-state index contributed by atoms with van der Waals surface area (Å²) in [6.07, 6.45) is 3.60. The number of pyridine rings is 1. The third-order valence-electron chi connectivity index (χ3n) is 5.41. The highest BCUT2D eigenvalue weighted by molar-refractivity contribution is 7.98. The first-order valence-electron chi connectivity index (χ1n) is 10.6. The van der Waals surface area contributed by atoms with Crippen molar-refractivity contribution in [2.75, 3.05) is 16.9 Å². The summed E-state index contributed by atoms with van der Waals surface area (Å²) in [6, 6.07) is 8.42. The maximum Gasteiger partial charge on any atom is 0.326 e. The summed E-state index contributed by atoms with van der Waals surface area (Å²) in [5.74, 6) is 0.253. The molecule has 0 aliphatic rings. The Kier molecular flexibility index (Phi) is 7.61. The summed E-state index contributed by atoms with van der Waals surface area (Å²) in [5.41, 5.74) is 3.58. The topological polar surface area (TPSA) is 115 Å². The van der Waals surface area contributed by atoms with Crippen molar-refractivity contribution in [3.05, 3.63) is 58.1 Å². The van der Waals surface area contributed by atoms with Gasteiger partial charge in [-0.25, -0.2) is 14.8 Å². The molecule has 0 spiro atoms. The van der Waals surface area contributed by atoms with Crippen LogP contribution in [-0.2, 0) is 12.5 Å². The Morgan fingerprint density at radius 3 is 2.51 bits per heavy atom. The second-order valence-corrected chi connectivity index (χ2v) is 9.77. The molecule has 2 N–H and O–H groups in total. The number of amides is 2. The van der Waals surface area contributed by atoms with Gasteiger partial charge in [-0.2, -0.15) is 13.5 Å². The van der Waals surface area contributed by atoms with E-state index < -0.39 is 6.03 Å². The van der Waals surface area contributed by atoms with E-state index in [1.807, 2.05) is 40.0 Å². The zero-order valence-corrected chi connectivity index (χ0v) is 22.2. The van der Waals surface area contributed by atoms with E-state index >= 15 is 0 Å². The number of nitrogens with one attached hydrogen (secondary N) is 2. The van der Waals surface area contributed by atoms with Crippen molar-refractivity contribution in [1.82, 2.24) is 19.7 Å². The smallest absolute Gasteiger partial charge is 0.326 e. The van der Waals surface area contributed by atoms with Crippen LogP contribution in [0.1, 0.15) is 32.0 Å². The van der Waals surface area contributed by atoms with Crippen LogP contribution in [-0.4, -0.2) is 32.0 Å². The van der Waals surface area contributed by atoms with Crippen LogP contribution < -0.4 is 16.2 Å². The van der Waals surface area contributed by atoms with Crippen LogP contribution in [0.4, 0.5) is 16.4 Å². The van der Waals surface area contributed by atoms with Crippen LogP contribution >= 0.6 is 25.3 Å². The molecule has 0 saturated heterocycles. The quantitative estimate of drug-likeness (QED) is 0.290. The number of carbonyl (C=O) groups excluding carboxylic acids is 1. The third kappa shape index (κ3) is 5.51. The summed E-state index contributed by atoms with van der Waals surface area (Å²) >= 11 is 1.42. The van der Waals surface area contributed by atoms with Gasteiger partial charge in [-0.15, -0.1) is 0 Å². The lowest BCUT2D eigenvalue weighted by Gasteiger charge is -2.13. The van der Waals surface area contributed by atoms with Crippen LogP contribution in [0.3, 0.4) is 0 Å². The van der Waals surface area contributed by atoms with Gasteiger partial charge in [0.2, 0.25) is 5.88 Å². The first kappa shape index (κ1) is 26.3. The second-order valence-electron chi connectivity index (χ2n) is 8.99. The highest BCUT2D eigenvalue weighted by Crippen LogP contribution is 2.27. The molecule has 0 aliphatic carbocycles. The van der Waals surface area contributed by atoms with Crippen molar-refractivity contribution >= 4 is 53.9 Å². The summed E-state index contributed by atoms with van der Waals surface area (Å²) in [7, 11) is 1.69. The van der Waals surface area contributed by atoms with Gasteiger partial charge in [0.15, 0.2) is 5.16 Å². The van der Waals surface area contributed by atoms with E-state index in [2.05, 4.69) is 25.8 Å². The van der Waals surface area contributed by atoms with Crippen molar-refractivity contribution in [2.24, 2.45) is 7.05 Å². The van der Waals surface area contributed by atoms with Crippen LogP contribution in [0.25, 0.3) is 22.2 Å². The molecule has 1 aromatic carbocycles. The highest BCUT2D eigenvalue weighted by atomic mass is 32.2. The predicted molar refractivity (Wildman–Crippen MR) is 145 cm³/mol. The Bertz CT molecular complexity index is 1460. The number of hydrogen-bond acceptors (Lipinski definition) is 7. The van der Waals surface area contributed by atoms with E-state index in [-0.39, 0.29) is 30.4 Å². The minimum atomic E-state index is -0.476. The van der Waals surface area contributed by atoms with Crippen LogP contribution in [0, 0.1) is 6.92 Å².